The van der Waals surface area contributed by atoms with E-state index >= 15 is 0 Å². The monoisotopic (exact) mass is 339 g/mol. The van der Waals surface area contributed by atoms with Gasteiger partial charge in [0.05, 0.1) is 5.56 Å². The average molecular weight is 339 g/mol. The number of aromatic amines is 2. The van der Waals surface area contributed by atoms with Crippen molar-refractivity contribution in [2.45, 2.75) is 0 Å². The fourth-order valence-electron chi connectivity index (χ4n) is 2.62. The highest BCUT2D eigenvalue weighted by atomic mass is 32.2. The molecule has 0 saturated carbocycles. The smallest absolute Gasteiger partial charge is 0.281 e. The number of fused-ring (bicyclic) bond motifs is 1. The summed E-state index contributed by atoms with van der Waals surface area (Å²) in [6.45, 7) is 0.638. The van der Waals surface area contributed by atoms with E-state index in [2.05, 4.69) is 19.9 Å². The lowest BCUT2D eigenvalue weighted by molar-refractivity contribution is 0.100. The van der Waals surface area contributed by atoms with Crippen molar-refractivity contribution in [1.82, 2.24) is 15.0 Å². The number of nitrogens with one attached hydrogen (secondary N) is 2. The largest absolute Gasteiger partial charge is 0.345 e. The highest BCUT2D eigenvalue weighted by Crippen LogP contribution is 2.24. The summed E-state index contributed by atoms with van der Waals surface area (Å²) in [6, 6.07) is 7.08. The van der Waals surface area contributed by atoms with Gasteiger partial charge in [-0.3, -0.25) is 9.59 Å². The maximum atomic E-state index is 12.6. The molecule has 0 bridgehead atoms. The molecule has 1 saturated heterocycles. The SMILES string of the molecule is O=C(/N=C1\SCCN1c1ccc[nH]c1=O)c1c[nH]c2ncccc12. The number of pyridine rings is 2. The second-order valence-corrected chi connectivity index (χ2v) is 6.25. The van der Waals surface area contributed by atoms with Crippen LogP contribution in [0.5, 0.6) is 0 Å². The summed E-state index contributed by atoms with van der Waals surface area (Å²) in [6.07, 6.45) is 4.86. The van der Waals surface area contributed by atoms with Crippen LogP contribution in [0.1, 0.15) is 10.4 Å². The minimum absolute atomic E-state index is 0.198. The highest BCUT2D eigenvalue weighted by Gasteiger charge is 2.25. The number of aromatic nitrogens is 3. The van der Waals surface area contributed by atoms with Gasteiger partial charge in [-0.05, 0) is 24.3 Å². The molecule has 1 amide bonds. The van der Waals surface area contributed by atoms with Crippen molar-refractivity contribution in [2.75, 3.05) is 17.2 Å². The first-order valence-corrected chi connectivity index (χ1v) is 8.36. The molecule has 4 rings (SSSR count). The van der Waals surface area contributed by atoms with E-state index in [1.54, 1.807) is 41.7 Å². The number of amides is 1. The Balaban J connectivity index is 1.70. The second kappa shape index (κ2) is 5.97. The normalized spacial score (nSPS) is 16.2. The quantitative estimate of drug-likeness (QED) is 0.745. The number of anilines is 1. The lowest BCUT2D eigenvalue weighted by Crippen LogP contribution is -2.30. The second-order valence-electron chi connectivity index (χ2n) is 5.19. The van der Waals surface area contributed by atoms with Gasteiger partial charge in [0.2, 0.25) is 0 Å². The molecular weight excluding hydrogens is 326 g/mol. The number of nitrogens with zero attached hydrogens (tertiary/aromatic N) is 3. The average Bonchev–Trinajstić information content (AvgIpc) is 3.22. The molecule has 1 aliphatic heterocycles. The van der Waals surface area contributed by atoms with Crippen molar-refractivity contribution >= 4 is 39.6 Å². The highest BCUT2D eigenvalue weighted by molar-refractivity contribution is 8.14. The summed E-state index contributed by atoms with van der Waals surface area (Å²) in [5.41, 5.74) is 1.42. The lowest BCUT2D eigenvalue weighted by Gasteiger charge is -2.16. The molecule has 1 fully saturated rings. The van der Waals surface area contributed by atoms with Crippen LogP contribution in [0.2, 0.25) is 0 Å². The molecule has 120 valence electrons. The zero-order chi connectivity index (χ0) is 16.5. The number of carbonyl (C=O) groups excluding carboxylic acids is 1. The Bertz CT molecular complexity index is 1010. The van der Waals surface area contributed by atoms with E-state index in [0.717, 1.165) is 11.1 Å². The van der Waals surface area contributed by atoms with Crippen LogP contribution in [0.3, 0.4) is 0 Å². The molecule has 0 radical (unpaired) electrons. The Labute approximate surface area is 140 Å². The molecule has 1 aliphatic rings. The predicted molar refractivity (Wildman–Crippen MR) is 94.7 cm³/mol. The van der Waals surface area contributed by atoms with E-state index in [4.69, 9.17) is 0 Å². The number of hydrogen-bond acceptors (Lipinski definition) is 4. The Morgan fingerprint density at radius 1 is 1.29 bits per heavy atom. The van der Waals surface area contributed by atoms with Crippen LogP contribution in [-0.2, 0) is 0 Å². The first-order chi connectivity index (χ1) is 11.7. The van der Waals surface area contributed by atoms with E-state index in [0.29, 0.717) is 28.6 Å². The van der Waals surface area contributed by atoms with Crippen molar-refractivity contribution in [3.63, 3.8) is 0 Å². The van der Waals surface area contributed by atoms with Gasteiger partial charge in [-0.2, -0.15) is 4.99 Å². The van der Waals surface area contributed by atoms with Crippen LogP contribution in [0.25, 0.3) is 11.0 Å². The van der Waals surface area contributed by atoms with Gasteiger partial charge in [-0.25, -0.2) is 4.98 Å². The molecule has 0 spiro atoms. The fraction of sp³-hybridized carbons (Fsp3) is 0.125. The van der Waals surface area contributed by atoms with E-state index in [1.807, 2.05) is 6.07 Å². The molecule has 24 heavy (non-hydrogen) atoms. The van der Waals surface area contributed by atoms with Crippen molar-refractivity contribution in [3.8, 4) is 0 Å². The fourth-order valence-corrected chi connectivity index (χ4v) is 3.57. The number of thioether (sulfide) groups is 1. The molecule has 7 nitrogen and oxygen atoms in total. The summed E-state index contributed by atoms with van der Waals surface area (Å²) in [7, 11) is 0. The Kier molecular flexibility index (Phi) is 3.66. The van der Waals surface area contributed by atoms with Gasteiger partial charge in [0.25, 0.3) is 11.5 Å². The van der Waals surface area contributed by atoms with Crippen molar-refractivity contribution < 1.29 is 4.79 Å². The van der Waals surface area contributed by atoms with Gasteiger partial charge >= 0.3 is 0 Å². The standard InChI is InChI=1S/C16H13N5O2S/c22-14(11-9-19-13-10(11)3-1-5-17-13)20-16-21(7-8-24-16)12-4-2-6-18-15(12)23/h1-6,9H,7-8H2,(H,17,19)(H,18,23)/b20-16-. The summed E-state index contributed by atoms with van der Waals surface area (Å²) in [5, 5.41) is 1.27. The van der Waals surface area contributed by atoms with Crippen molar-refractivity contribution in [1.29, 1.82) is 0 Å². The minimum Gasteiger partial charge on any atom is -0.345 e. The maximum Gasteiger partial charge on any atom is 0.281 e. The van der Waals surface area contributed by atoms with Gasteiger partial charge < -0.3 is 14.9 Å². The molecule has 2 N–H and O–H groups in total. The maximum absolute atomic E-state index is 12.6. The number of aliphatic imine (C=N–C) groups is 1. The van der Waals surface area contributed by atoms with Gasteiger partial charge in [0, 0.05) is 36.3 Å². The predicted octanol–water partition coefficient (Wildman–Crippen LogP) is 2.00. The molecule has 8 heteroatoms. The molecular formula is C16H13N5O2S. The first kappa shape index (κ1) is 14.7. The third-order valence-electron chi connectivity index (χ3n) is 3.74. The number of carbonyl (C=O) groups is 1. The molecule has 3 aromatic rings. The van der Waals surface area contributed by atoms with E-state index in [-0.39, 0.29) is 11.5 Å². The zero-order valence-corrected chi connectivity index (χ0v) is 13.3. The van der Waals surface area contributed by atoms with Crippen LogP contribution in [0, 0.1) is 0 Å². The molecule has 0 unspecified atom stereocenters. The molecule has 0 aliphatic carbocycles. The van der Waals surface area contributed by atoms with Crippen LogP contribution in [-0.4, -0.2) is 38.3 Å². The summed E-state index contributed by atoms with van der Waals surface area (Å²) >= 11 is 1.46. The topological polar surface area (TPSA) is 94.2 Å². The number of H-pyrrole nitrogens is 2. The van der Waals surface area contributed by atoms with Gasteiger partial charge in [-0.15, -0.1) is 0 Å². The molecule has 3 aromatic heterocycles. The van der Waals surface area contributed by atoms with E-state index in [1.165, 1.54) is 11.8 Å². The minimum atomic E-state index is -0.351. The molecule has 0 aromatic carbocycles. The van der Waals surface area contributed by atoms with Crippen LogP contribution in [0.4, 0.5) is 5.69 Å². The Hall–Kier alpha value is -2.87. The van der Waals surface area contributed by atoms with Gasteiger partial charge in [0.15, 0.2) is 5.17 Å². The molecule has 0 atom stereocenters. The number of amidine groups is 1. The summed E-state index contributed by atoms with van der Waals surface area (Å²) in [5.74, 6) is 0.423. The third-order valence-corrected chi connectivity index (χ3v) is 4.70. The summed E-state index contributed by atoms with van der Waals surface area (Å²) in [4.78, 5) is 40.3. The van der Waals surface area contributed by atoms with E-state index < -0.39 is 0 Å². The Morgan fingerprint density at radius 2 is 2.21 bits per heavy atom. The third kappa shape index (κ3) is 2.50. The first-order valence-electron chi connectivity index (χ1n) is 7.37. The van der Waals surface area contributed by atoms with Crippen LogP contribution >= 0.6 is 11.8 Å². The summed E-state index contributed by atoms with van der Waals surface area (Å²) < 4.78 is 0. The number of hydrogen-bond donors (Lipinski definition) is 2. The molecule has 4 heterocycles. The number of rotatable bonds is 2. The van der Waals surface area contributed by atoms with Crippen LogP contribution in [0.15, 0.2) is 52.6 Å². The van der Waals surface area contributed by atoms with Crippen LogP contribution < -0.4 is 10.5 Å². The van der Waals surface area contributed by atoms with Crippen molar-refractivity contribution in [3.05, 3.63) is 58.8 Å². The Morgan fingerprint density at radius 3 is 3.08 bits per heavy atom. The van der Waals surface area contributed by atoms with Gasteiger partial charge in [-0.1, -0.05) is 11.8 Å². The van der Waals surface area contributed by atoms with E-state index in [9.17, 15) is 9.59 Å². The van der Waals surface area contributed by atoms with Gasteiger partial charge in [0.1, 0.15) is 11.3 Å². The van der Waals surface area contributed by atoms with Crippen molar-refractivity contribution in [2.24, 2.45) is 4.99 Å². The zero-order valence-electron chi connectivity index (χ0n) is 12.5. The lowest BCUT2D eigenvalue weighted by atomic mass is 10.2.